The molecule has 0 spiro atoms. The number of carboxylic acid groups (broad SMARTS) is 1. The topological polar surface area (TPSA) is 124 Å². The van der Waals surface area contributed by atoms with Crippen molar-refractivity contribution in [1.82, 2.24) is 5.32 Å². The van der Waals surface area contributed by atoms with Crippen LogP contribution in [0.5, 0.6) is 0 Å². The molecule has 0 fully saturated rings. The summed E-state index contributed by atoms with van der Waals surface area (Å²) in [5.41, 5.74) is 7.41. The quantitative estimate of drug-likeness (QED) is 0.497. The number of carbonyl (C=O) groups excluding carboxylic acids is 1. The van der Waals surface area contributed by atoms with Gasteiger partial charge < -0.3 is 21.6 Å². The maximum absolute atomic E-state index is 12.9. The Balaban J connectivity index is 0.00000320. The minimum absolute atomic E-state index is 0. The maximum Gasteiger partial charge on any atom is 0.320 e. The van der Waals surface area contributed by atoms with Crippen LogP contribution in [0.25, 0.3) is 0 Å². The van der Waals surface area contributed by atoms with Gasteiger partial charge in [-0.1, -0.05) is 91.0 Å². The van der Waals surface area contributed by atoms with Gasteiger partial charge >= 0.3 is 5.97 Å². The van der Waals surface area contributed by atoms with E-state index in [1.165, 1.54) is 0 Å². The van der Waals surface area contributed by atoms with Crippen molar-refractivity contribution in [2.75, 3.05) is 0 Å². The van der Waals surface area contributed by atoms with Crippen LogP contribution < -0.4 is 11.1 Å². The lowest BCUT2D eigenvalue weighted by molar-refractivity contribution is -0.138. The highest BCUT2D eigenvalue weighted by molar-refractivity contribution is 5.80. The van der Waals surface area contributed by atoms with Crippen LogP contribution in [-0.4, -0.2) is 28.5 Å². The first-order valence-corrected chi connectivity index (χ1v) is 9.50. The zero-order chi connectivity index (χ0) is 20.7. The summed E-state index contributed by atoms with van der Waals surface area (Å²) in [4.78, 5) is 24.0. The van der Waals surface area contributed by atoms with Crippen molar-refractivity contribution >= 4 is 11.9 Å². The van der Waals surface area contributed by atoms with Gasteiger partial charge in [-0.15, -0.1) is 0 Å². The highest BCUT2D eigenvalue weighted by atomic mass is 16.4. The Morgan fingerprint density at radius 1 is 0.800 bits per heavy atom. The lowest BCUT2D eigenvalue weighted by Crippen LogP contribution is -2.48. The van der Waals surface area contributed by atoms with E-state index in [2.05, 4.69) is 5.32 Å². The van der Waals surface area contributed by atoms with E-state index in [4.69, 9.17) is 10.8 Å². The van der Waals surface area contributed by atoms with Gasteiger partial charge in [0.15, 0.2) is 0 Å². The number of benzene rings is 3. The first-order chi connectivity index (χ1) is 14.0. The van der Waals surface area contributed by atoms with E-state index in [1.54, 1.807) is 0 Å². The molecule has 0 bridgehead atoms. The number of nitrogens with two attached hydrogens (primary N) is 1. The Kier molecular flexibility index (Phi) is 7.86. The van der Waals surface area contributed by atoms with Crippen molar-refractivity contribution in [3.63, 3.8) is 0 Å². The van der Waals surface area contributed by atoms with E-state index in [-0.39, 0.29) is 24.2 Å². The monoisotopic (exact) mass is 406 g/mol. The maximum atomic E-state index is 12.9. The van der Waals surface area contributed by atoms with Crippen molar-refractivity contribution in [3.05, 3.63) is 108 Å². The minimum atomic E-state index is -1.11. The van der Waals surface area contributed by atoms with Crippen molar-refractivity contribution < 1.29 is 20.2 Å². The third-order valence-corrected chi connectivity index (χ3v) is 4.95. The molecule has 6 N–H and O–H groups in total. The Morgan fingerprint density at radius 2 is 1.17 bits per heavy atom. The molecule has 0 saturated carbocycles. The van der Waals surface area contributed by atoms with E-state index < -0.39 is 17.6 Å². The number of carbonyl (C=O) groups is 2. The Hall–Kier alpha value is -3.48. The zero-order valence-corrected chi connectivity index (χ0v) is 16.5. The molecular formula is C24H26N2O4. The molecule has 0 saturated heterocycles. The molecule has 3 aromatic carbocycles. The van der Waals surface area contributed by atoms with Crippen molar-refractivity contribution in [1.29, 1.82) is 0 Å². The van der Waals surface area contributed by atoms with Crippen LogP contribution in [0.2, 0.25) is 0 Å². The zero-order valence-electron chi connectivity index (χ0n) is 16.5. The smallest absolute Gasteiger partial charge is 0.320 e. The molecule has 0 aromatic heterocycles. The largest absolute Gasteiger partial charge is 0.480 e. The molecule has 0 unspecified atom stereocenters. The molecule has 156 valence electrons. The molecule has 3 rings (SSSR count). The van der Waals surface area contributed by atoms with Crippen LogP contribution in [0.1, 0.15) is 29.5 Å². The van der Waals surface area contributed by atoms with Crippen molar-refractivity contribution in [2.24, 2.45) is 5.73 Å². The first-order valence-electron chi connectivity index (χ1n) is 9.50. The first kappa shape index (κ1) is 22.8. The lowest BCUT2D eigenvalue weighted by Gasteiger charge is -2.37. The molecule has 0 aliphatic rings. The summed E-state index contributed by atoms with van der Waals surface area (Å²) in [6.07, 6.45) is 0.0807. The molecule has 0 aliphatic carbocycles. The summed E-state index contributed by atoms with van der Waals surface area (Å²) in [6.45, 7) is 0. The second kappa shape index (κ2) is 10.3. The molecule has 3 aromatic rings. The molecule has 0 aliphatic heterocycles. The van der Waals surface area contributed by atoms with Gasteiger partial charge in [0, 0.05) is 6.42 Å². The average molecular weight is 406 g/mol. The number of rotatable bonds is 8. The van der Waals surface area contributed by atoms with Gasteiger partial charge in [0.25, 0.3) is 0 Å². The van der Waals surface area contributed by atoms with E-state index in [1.807, 2.05) is 91.0 Å². The second-order valence-corrected chi connectivity index (χ2v) is 6.88. The summed E-state index contributed by atoms with van der Waals surface area (Å²) in [7, 11) is 0. The number of hydrogen-bond acceptors (Lipinski definition) is 3. The van der Waals surface area contributed by atoms with Crippen LogP contribution in [0, 0.1) is 0 Å². The van der Waals surface area contributed by atoms with E-state index in [0.29, 0.717) is 0 Å². The lowest BCUT2D eigenvalue weighted by atomic mass is 9.77. The van der Waals surface area contributed by atoms with Gasteiger partial charge in [0.2, 0.25) is 5.91 Å². The van der Waals surface area contributed by atoms with Gasteiger partial charge in [-0.05, 0) is 23.1 Å². The average Bonchev–Trinajstić information content (AvgIpc) is 2.77. The summed E-state index contributed by atoms with van der Waals surface area (Å²) in [6, 6.07) is 28.2. The van der Waals surface area contributed by atoms with Crippen LogP contribution in [0.4, 0.5) is 0 Å². The molecule has 0 radical (unpaired) electrons. The molecule has 6 nitrogen and oxygen atoms in total. The fourth-order valence-electron chi connectivity index (χ4n) is 3.46. The minimum Gasteiger partial charge on any atom is -0.480 e. The highest BCUT2D eigenvalue weighted by Crippen LogP contribution is 2.36. The number of aliphatic carboxylic acids is 1. The normalized spacial score (nSPS) is 11.8. The van der Waals surface area contributed by atoms with Gasteiger partial charge in [-0.2, -0.15) is 0 Å². The van der Waals surface area contributed by atoms with Crippen molar-refractivity contribution in [3.8, 4) is 0 Å². The molecule has 30 heavy (non-hydrogen) atoms. The van der Waals surface area contributed by atoms with Crippen LogP contribution in [0.15, 0.2) is 91.0 Å². The van der Waals surface area contributed by atoms with E-state index >= 15 is 0 Å². The van der Waals surface area contributed by atoms with Gasteiger partial charge in [-0.25, -0.2) is 0 Å². The van der Waals surface area contributed by atoms with Crippen molar-refractivity contribution in [2.45, 2.75) is 24.4 Å². The highest BCUT2D eigenvalue weighted by Gasteiger charge is 2.37. The Morgan fingerprint density at radius 3 is 1.50 bits per heavy atom. The Labute approximate surface area is 175 Å². The van der Waals surface area contributed by atoms with Gasteiger partial charge in [-0.3, -0.25) is 9.59 Å². The summed E-state index contributed by atoms with van der Waals surface area (Å²) >= 11 is 0. The molecule has 6 heteroatoms. The van der Waals surface area contributed by atoms with Gasteiger partial charge in [0.05, 0.1) is 0 Å². The second-order valence-electron chi connectivity index (χ2n) is 6.88. The van der Waals surface area contributed by atoms with Crippen LogP contribution in [-0.2, 0) is 15.1 Å². The molecule has 1 amide bonds. The predicted molar refractivity (Wildman–Crippen MR) is 116 cm³/mol. The standard InChI is InChI=1S/C24H24N2O3.H2O/c25-21(23(28)29)16-17-22(27)26-24(18-10-4-1-5-11-18,19-12-6-2-7-13-19)20-14-8-3-9-15-20;/h1-15,21H,16-17,25H2,(H,26,27)(H,28,29);1H2/t21-;/m1./s1. The SMILES string of the molecule is N[C@H](CCC(=O)NC(c1ccccc1)(c1ccccc1)c1ccccc1)C(=O)O.O. The third-order valence-electron chi connectivity index (χ3n) is 4.95. The number of nitrogens with one attached hydrogen (secondary N) is 1. The van der Waals surface area contributed by atoms with E-state index in [0.717, 1.165) is 16.7 Å². The summed E-state index contributed by atoms with van der Waals surface area (Å²) < 4.78 is 0. The predicted octanol–water partition coefficient (Wildman–Crippen LogP) is 2.46. The van der Waals surface area contributed by atoms with Gasteiger partial charge in [0.1, 0.15) is 11.6 Å². The number of amides is 1. The molecule has 0 heterocycles. The van der Waals surface area contributed by atoms with Crippen LogP contribution >= 0.6 is 0 Å². The summed E-state index contributed by atoms with van der Waals surface area (Å²) in [5, 5.41) is 12.2. The fraction of sp³-hybridized carbons (Fsp3) is 0.167. The number of carboxylic acids is 1. The van der Waals surface area contributed by atoms with E-state index in [9.17, 15) is 9.59 Å². The Bertz CT molecular complexity index is 850. The molecule has 1 atom stereocenters. The number of hydrogen-bond donors (Lipinski definition) is 3. The fourth-order valence-corrected chi connectivity index (χ4v) is 3.46. The van der Waals surface area contributed by atoms with Crippen LogP contribution in [0.3, 0.4) is 0 Å². The third kappa shape index (κ3) is 4.92. The molecular weight excluding hydrogens is 380 g/mol. The summed E-state index contributed by atoms with van der Waals surface area (Å²) in [5.74, 6) is -1.38.